The van der Waals surface area contributed by atoms with Crippen LogP contribution >= 0.6 is 0 Å². The summed E-state index contributed by atoms with van der Waals surface area (Å²) in [5.41, 5.74) is 8.07. The molecular weight excluding hydrogens is 430 g/mol. The molecule has 0 amide bonds. The highest BCUT2D eigenvalue weighted by Gasteiger charge is 2.17. The average molecular weight is 474 g/mol. The Morgan fingerprint density at radius 2 is 1.09 bits per heavy atom. The molecule has 2 atom stereocenters. The van der Waals surface area contributed by atoms with E-state index in [0.29, 0.717) is 13.0 Å². The van der Waals surface area contributed by atoms with E-state index >= 15 is 0 Å². The first-order chi connectivity index (χ1) is 17.1. The van der Waals surface area contributed by atoms with Crippen molar-refractivity contribution < 1.29 is 10.2 Å². The predicted molar refractivity (Wildman–Crippen MR) is 147 cm³/mol. The highest BCUT2D eigenvalue weighted by Crippen LogP contribution is 2.33. The van der Waals surface area contributed by atoms with E-state index in [9.17, 15) is 5.11 Å². The van der Waals surface area contributed by atoms with Gasteiger partial charge in [-0.05, 0) is 71.9 Å². The molecule has 0 saturated carbocycles. The summed E-state index contributed by atoms with van der Waals surface area (Å²) in [6.45, 7) is 4.94. The van der Waals surface area contributed by atoms with Crippen LogP contribution in [-0.2, 0) is 19.3 Å². The summed E-state index contributed by atoms with van der Waals surface area (Å²) < 4.78 is 0. The van der Waals surface area contributed by atoms with Crippen molar-refractivity contribution in [1.29, 1.82) is 0 Å². The van der Waals surface area contributed by atoms with Crippen LogP contribution in [0.3, 0.4) is 0 Å². The van der Waals surface area contributed by atoms with Gasteiger partial charge in [0.25, 0.3) is 0 Å². The summed E-state index contributed by atoms with van der Waals surface area (Å²) in [4.78, 5) is 0. The van der Waals surface area contributed by atoms with Gasteiger partial charge in [-0.25, -0.2) is 0 Å². The van der Waals surface area contributed by atoms with Gasteiger partial charge in [-0.15, -0.1) is 0 Å². The number of nitrogens with one attached hydrogen (secondary N) is 1. The molecule has 3 rings (SSSR count). The third-order valence-electron chi connectivity index (χ3n) is 6.73. The molecule has 188 valence electrons. The van der Waals surface area contributed by atoms with Gasteiger partial charge < -0.3 is 10.2 Å². The molecule has 3 aromatic rings. The molecule has 0 heterocycles. The van der Waals surface area contributed by atoms with E-state index in [-0.39, 0.29) is 12.5 Å². The molecule has 0 saturated heterocycles. The average Bonchev–Trinajstić information content (AvgIpc) is 2.89. The molecule has 35 heavy (non-hydrogen) atoms. The molecule has 0 aromatic heterocycles. The third kappa shape index (κ3) is 8.61. The number of aliphatic hydroxyl groups excluding tert-OH is 2. The van der Waals surface area contributed by atoms with Gasteiger partial charge in [-0.3, -0.25) is 5.32 Å². The summed E-state index contributed by atoms with van der Waals surface area (Å²) in [6.07, 6.45) is 7.85. The lowest BCUT2D eigenvalue weighted by molar-refractivity contribution is 0.117. The minimum Gasteiger partial charge on any atom is -0.395 e. The molecule has 3 aromatic carbocycles. The van der Waals surface area contributed by atoms with E-state index in [1.807, 2.05) is 0 Å². The number of aryl methyl sites for hydroxylation is 3. The van der Waals surface area contributed by atoms with Gasteiger partial charge in [0.1, 0.15) is 6.23 Å². The molecule has 0 spiro atoms. The Balaban J connectivity index is 1.77. The SMILES string of the molecule is CCCCc1ccc(C(c2ccc(CCC)cc2)c2ccc(CCCC(O)NCCO)cc2)cc1. The first-order valence-corrected chi connectivity index (χ1v) is 13.4. The summed E-state index contributed by atoms with van der Waals surface area (Å²) >= 11 is 0. The summed E-state index contributed by atoms with van der Waals surface area (Å²) in [7, 11) is 0. The van der Waals surface area contributed by atoms with Crippen LogP contribution < -0.4 is 5.32 Å². The Hall–Kier alpha value is -2.46. The van der Waals surface area contributed by atoms with Crippen molar-refractivity contribution in [3.05, 3.63) is 106 Å². The van der Waals surface area contributed by atoms with Gasteiger partial charge >= 0.3 is 0 Å². The van der Waals surface area contributed by atoms with Crippen LogP contribution in [0.25, 0.3) is 0 Å². The van der Waals surface area contributed by atoms with Gasteiger partial charge in [0.05, 0.1) is 6.61 Å². The van der Waals surface area contributed by atoms with E-state index in [2.05, 4.69) is 92.0 Å². The number of hydrogen-bond donors (Lipinski definition) is 3. The molecule has 3 heteroatoms. The number of unbranched alkanes of at least 4 members (excludes halogenated alkanes) is 1. The van der Waals surface area contributed by atoms with Crippen molar-refractivity contribution in [1.82, 2.24) is 5.32 Å². The van der Waals surface area contributed by atoms with Crippen LogP contribution in [0, 0.1) is 0 Å². The van der Waals surface area contributed by atoms with Crippen molar-refractivity contribution >= 4 is 0 Å². The molecule has 0 bridgehead atoms. The monoisotopic (exact) mass is 473 g/mol. The highest BCUT2D eigenvalue weighted by atomic mass is 16.3. The molecule has 0 radical (unpaired) electrons. The quantitative estimate of drug-likeness (QED) is 0.177. The van der Waals surface area contributed by atoms with E-state index in [1.165, 1.54) is 46.2 Å². The lowest BCUT2D eigenvalue weighted by atomic mass is 9.84. The maximum Gasteiger partial charge on any atom is 0.104 e. The van der Waals surface area contributed by atoms with Crippen LogP contribution in [0.1, 0.15) is 85.3 Å². The van der Waals surface area contributed by atoms with Gasteiger partial charge in [-0.1, -0.05) is 99.5 Å². The molecule has 2 unspecified atom stereocenters. The summed E-state index contributed by atoms with van der Waals surface area (Å²) in [6, 6.07) is 27.4. The first kappa shape index (κ1) is 27.1. The van der Waals surface area contributed by atoms with Crippen molar-refractivity contribution in [3.63, 3.8) is 0 Å². The molecular formula is C32H43NO2. The van der Waals surface area contributed by atoms with Crippen LogP contribution in [0.5, 0.6) is 0 Å². The standard InChI is InChI=1S/C32H43NO2/c1-3-5-8-26-13-19-29(20-14-26)32(28-17-11-25(7-4-2)12-18-28)30-21-15-27(16-22-30)9-6-10-31(35)33-23-24-34/h11-22,31-35H,3-10,23-24H2,1-2H3. The molecule has 0 aliphatic heterocycles. The Morgan fingerprint density at radius 1 is 0.629 bits per heavy atom. The van der Waals surface area contributed by atoms with Gasteiger partial charge in [-0.2, -0.15) is 0 Å². The number of hydrogen-bond acceptors (Lipinski definition) is 3. The fourth-order valence-corrected chi connectivity index (χ4v) is 4.71. The van der Waals surface area contributed by atoms with Crippen LogP contribution in [0.15, 0.2) is 72.8 Å². The second-order valence-corrected chi connectivity index (χ2v) is 9.60. The fraction of sp³-hybridized carbons (Fsp3) is 0.438. The topological polar surface area (TPSA) is 52.5 Å². The lowest BCUT2D eigenvalue weighted by Crippen LogP contribution is -2.31. The zero-order valence-electron chi connectivity index (χ0n) is 21.5. The third-order valence-corrected chi connectivity index (χ3v) is 6.73. The van der Waals surface area contributed by atoms with Crippen molar-refractivity contribution in [2.45, 2.75) is 77.4 Å². The zero-order valence-corrected chi connectivity index (χ0v) is 21.5. The van der Waals surface area contributed by atoms with Crippen LogP contribution in [-0.4, -0.2) is 29.6 Å². The molecule has 3 N–H and O–H groups in total. The molecule has 0 aliphatic carbocycles. The summed E-state index contributed by atoms with van der Waals surface area (Å²) in [5.74, 6) is 0.212. The Kier molecular flexibility index (Phi) is 11.5. The second-order valence-electron chi connectivity index (χ2n) is 9.60. The van der Waals surface area contributed by atoms with Crippen molar-refractivity contribution in [2.75, 3.05) is 13.2 Å². The zero-order chi connectivity index (χ0) is 24.9. The van der Waals surface area contributed by atoms with E-state index in [4.69, 9.17) is 5.11 Å². The maximum absolute atomic E-state index is 9.93. The minimum atomic E-state index is -0.554. The maximum atomic E-state index is 9.93. The Bertz CT molecular complexity index is 964. The van der Waals surface area contributed by atoms with E-state index in [1.54, 1.807) is 0 Å². The normalized spacial score (nSPS) is 13.0. The van der Waals surface area contributed by atoms with Gasteiger partial charge in [0, 0.05) is 12.5 Å². The van der Waals surface area contributed by atoms with E-state index in [0.717, 1.165) is 32.1 Å². The summed E-state index contributed by atoms with van der Waals surface area (Å²) in [5, 5.41) is 21.7. The van der Waals surface area contributed by atoms with Crippen molar-refractivity contribution in [3.8, 4) is 0 Å². The number of rotatable bonds is 15. The smallest absolute Gasteiger partial charge is 0.104 e. The van der Waals surface area contributed by atoms with Crippen LogP contribution in [0.4, 0.5) is 0 Å². The van der Waals surface area contributed by atoms with Gasteiger partial charge in [0.15, 0.2) is 0 Å². The van der Waals surface area contributed by atoms with Crippen LogP contribution in [0.2, 0.25) is 0 Å². The molecule has 0 aliphatic rings. The predicted octanol–water partition coefficient (Wildman–Crippen LogP) is 6.38. The number of aliphatic hydroxyl groups is 2. The van der Waals surface area contributed by atoms with E-state index < -0.39 is 6.23 Å². The Morgan fingerprint density at radius 3 is 1.51 bits per heavy atom. The molecule has 0 fully saturated rings. The highest BCUT2D eigenvalue weighted by molar-refractivity contribution is 5.45. The minimum absolute atomic E-state index is 0.0441. The van der Waals surface area contributed by atoms with Gasteiger partial charge in [0.2, 0.25) is 0 Å². The largest absolute Gasteiger partial charge is 0.395 e. The first-order valence-electron chi connectivity index (χ1n) is 13.4. The number of benzene rings is 3. The fourth-order valence-electron chi connectivity index (χ4n) is 4.71. The second kappa shape index (κ2) is 14.8. The van der Waals surface area contributed by atoms with Crippen molar-refractivity contribution in [2.24, 2.45) is 0 Å². The lowest BCUT2D eigenvalue weighted by Gasteiger charge is -2.20. The Labute approximate surface area is 212 Å². The molecule has 3 nitrogen and oxygen atoms in total.